The molecule has 0 spiro atoms. The Labute approximate surface area is 163 Å². The van der Waals surface area contributed by atoms with Crippen LogP contribution in [0.4, 0.5) is 5.69 Å². The maximum atomic E-state index is 12.5. The minimum absolute atomic E-state index is 0.224. The lowest BCUT2D eigenvalue weighted by molar-refractivity contribution is -0.384. The number of ether oxygens (including phenoxy) is 1. The highest BCUT2D eigenvalue weighted by Gasteiger charge is 2.32. The van der Waals surface area contributed by atoms with Crippen LogP contribution in [0.1, 0.15) is 39.0 Å². The van der Waals surface area contributed by atoms with E-state index in [1.807, 2.05) is 0 Å². The number of hydrogen-bond donors (Lipinski definition) is 0. The van der Waals surface area contributed by atoms with Gasteiger partial charge in [0, 0.05) is 25.2 Å². The molecule has 1 heterocycles. The molecule has 0 aromatic heterocycles. The molecule has 0 radical (unpaired) electrons. The summed E-state index contributed by atoms with van der Waals surface area (Å²) in [6.45, 7) is 1.87. The predicted molar refractivity (Wildman–Crippen MR) is 100 cm³/mol. The molecular formula is C18H24N2O7S. The fourth-order valence-electron chi connectivity index (χ4n) is 2.93. The van der Waals surface area contributed by atoms with Crippen LogP contribution < -0.4 is 0 Å². The lowest BCUT2D eigenvalue weighted by atomic mass is 10.1. The highest BCUT2D eigenvalue weighted by molar-refractivity contribution is 7.92. The average Bonchev–Trinajstić information content (AvgIpc) is 2.65. The maximum Gasteiger partial charge on any atom is 0.324 e. The van der Waals surface area contributed by atoms with E-state index in [4.69, 9.17) is 4.74 Å². The van der Waals surface area contributed by atoms with Crippen LogP contribution in [0.2, 0.25) is 0 Å². The van der Waals surface area contributed by atoms with Gasteiger partial charge in [0.25, 0.3) is 11.6 Å². The zero-order valence-corrected chi connectivity index (χ0v) is 16.5. The zero-order chi connectivity index (χ0) is 20.7. The smallest absolute Gasteiger partial charge is 0.324 e. The van der Waals surface area contributed by atoms with Crippen LogP contribution in [-0.2, 0) is 24.2 Å². The Morgan fingerprint density at radius 3 is 2.18 bits per heavy atom. The van der Waals surface area contributed by atoms with E-state index in [9.17, 15) is 28.1 Å². The Morgan fingerprint density at radius 1 is 1.11 bits per heavy atom. The van der Waals surface area contributed by atoms with E-state index < -0.39 is 32.6 Å². The van der Waals surface area contributed by atoms with E-state index in [2.05, 4.69) is 0 Å². The normalized spacial score (nSPS) is 16.5. The molecule has 10 heteroatoms. The van der Waals surface area contributed by atoms with Crippen molar-refractivity contribution in [2.75, 3.05) is 19.7 Å². The minimum Gasteiger partial charge on any atom is -0.455 e. The number of sulfone groups is 1. The molecule has 2 rings (SSSR count). The number of non-ortho nitro benzene ring substituents is 1. The average molecular weight is 412 g/mol. The molecule has 0 aliphatic carbocycles. The molecule has 1 aromatic rings. The largest absolute Gasteiger partial charge is 0.455 e. The molecule has 9 nitrogen and oxygen atoms in total. The van der Waals surface area contributed by atoms with Crippen molar-refractivity contribution in [3.63, 3.8) is 0 Å². The maximum absolute atomic E-state index is 12.5. The third-order valence-corrected chi connectivity index (χ3v) is 6.77. The van der Waals surface area contributed by atoms with Gasteiger partial charge in [0.15, 0.2) is 21.7 Å². The number of nitro groups is 1. The number of carbonyl (C=O) groups excluding carboxylic acids is 2. The van der Waals surface area contributed by atoms with Crippen LogP contribution in [0.3, 0.4) is 0 Å². The molecular weight excluding hydrogens is 388 g/mol. The first-order chi connectivity index (χ1) is 13.2. The van der Waals surface area contributed by atoms with E-state index in [1.165, 1.54) is 6.92 Å². The van der Waals surface area contributed by atoms with Crippen LogP contribution in [0.15, 0.2) is 29.2 Å². The summed E-state index contributed by atoms with van der Waals surface area (Å²) < 4.78 is 30.0. The SMILES string of the molecule is C[C@H](C(=O)OCC(=O)N1CCCCCCC1)S(=O)(=O)c1ccc([N+](=O)[O-])cc1. The number of benzene rings is 1. The van der Waals surface area contributed by atoms with Gasteiger partial charge in [-0.05, 0) is 31.9 Å². The lowest BCUT2D eigenvalue weighted by Gasteiger charge is -2.24. The minimum atomic E-state index is -4.09. The first kappa shape index (κ1) is 21.8. The van der Waals surface area contributed by atoms with Gasteiger partial charge in [-0.3, -0.25) is 19.7 Å². The van der Waals surface area contributed by atoms with Crippen molar-refractivity contribution < 1.29 is 27.7 Å². The molecule has 1 amide bonds. The first-order valence-electron chi connectivity index (χ1n) is 9.16. The van der Waals surface area contributed by atoms with Crippen LogP contribution >= 0.6 is 0 Å². The number of rotatable bonds is 6. The summed E-state index contributed by atoms with van der Waals surface area (Å²) >= 11 is 0. The van der Waals surface area contributed by atoms with Crippen molar-refractivity contribution in [1.29, 1.82) is 0 Å². The third-order valence-electron chi connectivity index (χ3n) is 4.72. The van der Waals surface area contributed by atoms with E-state index in [1.54, 1.807) is 4.90 Å². The molecule has 1 saturated heterocycles. The number of amides is 1. The Hall–Kier alpha value is -2.49. The van der Waals surface area contributed by atoms with E-state index in [0.29, 0.717) is 13.1 Å². The Balaban J connectivity index is 1.96. The molecule has 1 aromatic carbocycles. The number of hydrogen-bond acceptors (Lipinski definition) is 7. The Bertz CT molecular complexity index is 813. The van der Waals surface area contributed by atoms with Crippen molar-refractivity contribution in [2.24, 2.45) is 0 Å². The molecule has 0 unspecified atom stereocenters. The van der Waals surface area contributed by atoms with Crippen LogP contribution in [0.25, 0.3) is 0 Å². The third kappa shape index (κ3) is 5.51. The van der Waals surface area contributed by atoms with Gasteiger partial charge in [-0.1, -0.05) is 19.3 Å². The fourth-order valence-corrected chi connectivity index (χ4v) is 4.17. The second-order valence-corrected chi connectivity index (χ2v) is 8.96. The van der Waals surface area contributed by atoms with Gasteiger partial charge in [0.05, 0.1) is 9.82 Å². The van der Waals surface area contributed by atoms with Crippen molar-refractivity contribution in [3.05, 3.63) is 34.4 Å². The van der Waals surface area contributed by atoms with Crippen molar-refractivity contribution >= 4 is 27.4 Å². The Kier molecular flexibility index (Phi) is 7.50. The summed E-state index contributed by atoms with van der Waals surface area (Å²) in [4.78, 5) is 35.9. The molecule has 0 bridgehead atoms. The van der Waals surface area contributed by atoms with Crippen LogP contribution in [0, 0.1) is 10.1 Å². The standard InChI is InChI=1S/C18H24N2O7S/c1-14(28(25,26)16-9-7-15(8-10-16)20(23)24)18(22)27-13-17(21)19-11-5-3-2-4-6-12-19/h7-10,14H,2-6,11-13H2,1H3/t14-/m1/s1. The van der Waals surface area contributed by atoms with Gasteiger partial charge >= 0.3 is 5.97 Å². The zero-order valence-electron chi connectivity index (χ0n) is 15.7. The van der Waals surface area contributed by atoms with Gasteiger partial charge < -0.3 is 9.64 Å². The predicted octanol–water partition coefficient (Wildman–Crippen LogP) is 2.09. The van der Waals surface area contributed by atoms with Gasteiger partial charge in [0.2, 0.25) is 0 Å². The number of nitro benzene ring substituents is 1. The van der Waals surface area contributed by atoms with Gasteiger partial charge in [0.1, 0.15) is 0 Å². The fraction of sp³-hybridized carbons (Fsp3) is 0.556. The second-order valence-electron chi connectivity index (χ2n) is 6.69. The van der Waals surface area contributed by atoms with E-state index >= 15 is 0 Å². The number of carbonyl (C=O) groups is 2. The molecule has 154 valence electrons. The number of nitrogens with zero attached hydrogens (tertiary/aromatic N) is 2. The second kappa shape index (κ2) is 9.63. The van der Waals surface area contributed by atoms with Gasteiger partial charge in [-0.15, -0.1) is 0 Å². The molecule has 1 fully saturated rings. The molecule has 0 saturated carbocycles. The van der Waals surface area contributed by atoms with Gasteiger partial charge in [-0.25, -0.2) is 8.42 Å². The van der Waals surface area contributed by atoms with Crippen LogP contribution in [0.5, 0.6) is 0 Å². The monoisotopic (exact) mass is 412 g/mol. The summed E-state index contributed by atoms with van der Waals surface area (Å²) in [5.41, 5.74) is -0.256. The molecule has 1 atom stereocenters. The summed E-state index contributed by atoms with van der Waals surface area (Å²) in [5, 5.41) is 9.14. The summed E-state index contributed by atoms with van der Waals surface area (Å²) in [7, 11) is -4.09. The summed E-state index contributed by atoms with van der Waals surface area (Å²) in [5.74, 6) is -1.37. The number of likely N-dealkylation sites (tertiary alicyclic amines) is 1. The summed E-state index contributed by atoms with van der Waals surface area (Å²) in [6, 6.07) is 4.25. The topological polar surface area (TPSA) is 124 Å². The lowest BCUT2D eigenvalue weighted by Crippen LogP contribution is -2.38. The van der Waals surface area contributed by atoms with Gasteiger partial charge in [-0.2, -0.15) is 0 Å². The quantitative estimate of drug-likeness (QED) is 0.398. The Morgan fingerprint density at radius 2 is 1.64 bits per heavy atom. The van der Waals surface area contributed by atoms with Crippen molar-refractivity contribution in [3.8, 4) is 0 Å². The highest BCUT2D eigenvalue weighted by Crippen LogP contribution is 2.20. The van der Waals surface area contributed by atoms with E-state index in [-0.39, 0.29) is 16.5 Å². The molecule has 0 N–H and O–H groups in total. The highest BCUT2D eigenvalue weighted by atomic mass is 32.2. The summed E-state index contributed by atoms with van der Waals surface area (Å²) in [6.07, 6.45) is 5.03. The van der Waals surface area contributed by atoms with Crippen molar-refractivity contribution in [1.82, 2.24) is 4.90 Å². The number of esters is 1. The van der Waals surface area contributed by atoms with Crippen LogP contribution in [-0.4, -0.2) is 55.1 Å². The van der Waals surface area contributed by atoms with E-state index in [0.717, 1.165) is 56.4 Å². The van der Waals surface area contributed by atoms with Crippen molar-refractivity contribution in [2.45, 2.75) is 49.2 Å². The molecule has 1 aliphatic heterocycles. The molecule has 1 aliphatic rings. The molecule has 28 heavy (non-hydrogen) atoms. The first-order valence-corrected chi connectivity index (χ1v) is 10.7.